The highest BCUT2D eigenvalue weighted by molar-refractivity contribution is 7.22. The van der Waals surface area contributed by atoms with E-state index >= 15 is 0 Å². The number of fused-ring (bicyclic) bond motifs is 1. The summed E-state index contributed by atoms with van der Waals surface area (Å²) >= 11 is 1.48. The smallest absolute Gasteiger partial charge is 0.229 e. The lowest BCUT2D eigenvalue weighted by Crippen LogP contribution is -2.31. The Balaban J connectivity index is 1.62. The lowest BCUT2D eigenvalue weighted by Gasteiger charge is -2.11. The Kier molecular flexibility index (Phi) is 3.88. The first kappa shape index (κ1) is 14.0. The molecule has 1 aliphatic rings. The summed E-state index contributed by atoms with van der Waals surface area (Å²) in [4.78, 5) is 27.7. The van der Waals surface area contributed by atoms with Crippen LogP contribution in [0.3, 0.4) is 0 Å². The molecule has 2 aromatic rings. The number of nitrogens with zero attached hydrogens (tertiary/aromatic N) is 1. The van der Waals surface area contributed by atoms with Crippen molar-refractivity contribution in [2.45, 2.75) is 32.2 Å². The monoisotopic (exact) mass is 303 g/mol. The number of aromatic nitrogens is 1. The maximum Gasteiger partial charge on any atom is 0.229 e. The summed E-state index contributed by atoms with van der Waals surface area (Å²) in [5.74, 6) is -0.0806. The molecule has 6 heteroatoms. The predicted molar refractivity (Wildman–Crippen MR) is 83.2 cm³/mol. The molecular formula is C15H17N3O2S. The Morgan fingerprint density at radius 3 is 2.86 bits per heavy atom. The molecule has 0 spiro atoms. The minimum atomic E-state index is -0.0473. The molecule has 2 N–H and O–H groups in total. The predicted octanol–water partition coefficient (Wildman–Crippen LogP) is 2.54. The number of rotatable bonds is 3. The van der Waals surface area contributed by atoms with E-state index in [9.17, 15) is 9.59 Å². The normalized spacial score (nSPS) is 21.4. The Morgan fingerprint density at radius 2 is 2.10 bits per heavy atom. The van der Waals surface area contributed by atoms with E-state index < -0.39 is 0 Å². The van der Waals surface area contributed by atoms with Crippen LogP contribution in [0.5, 0.6) is 0 Å². The van der Waals surface area contributed by atoms with E-state index in [1.165, 1.54) is 18.3 Å². The van der Waals surface area contributed by atoms with Crippen LogP contribution in [0.2, 0.25) is 0 Å². The molecule has 1 saturated carbocycles. The van der Waals surface area contributed by atoms with Gasteiger partial charge in [0.2, 0.25) is 11.8 Å². The Labute approximate surface area is 126 Å². The van der Waals surface area contributed by atoms with Gasteiger partial charge in [0.1, 0.15) is 0 Å². The molecule has 2 atom stereocenters. The summed E-state index contributed by atoms with van der Waals surface area (Å²) in [6.45, 7) is 1.51. The highest BCUT2D eigenvalue weighted by Crippen LogP contribution is 2.29. The van der Waals surface area contributed by atoms with Crippen molar-refractivity contribution in [3.8, 4) is 0 Å². The molecule has 0 saturated heterocycles. The fourth-order valence-corrected chi connectivity index (χ4v) is 3.64. The van der Waals surface area contributed by atoms with Crippen molar-refractivity contribution in [3.63, 3.8) is 0 Å². The van der Waals surface area contributed by atoms with E-state index in [0.717, 1.165) is 23.1 Å². The fourth-order valence-electron chi connectivity index (χ4n) is 2.77. The summed E-state index contributed by atoms with van der Waals surface area (Å²) < 4.78 is 1.07. The largest absolute Gasteiger partial charge is 0.354 e. The molecule has 0 bridgehead atoms. The van der Waals surface area contributed by atoms with Gasteiger partial charge >= 0.3 is 0 Å². The number of carbonyl (C=O) groups excluding carboxylic acids is 2. The van der Waals surface area contributed by atoms with Gasteiger partial charge in [-0.1, -0.05) is 23.5 Å². The maximum atomic E-state index is 12.3. The van der Waals surface area contributed by atoms with E-state index in [1.54, 1.807) is 0 Å². The molecule has 110 valence electrons. The molecule has 1 aliphatic carbocycles. The highest BCUT2D eigenvalue weighted by atomic mass is 32.1. The van der Waals surface area contributed by atoms with Crippen LogP contribution in [-0.2, 0) is 9.59 Å². The van der Waals surface area contributed by atoms with Gasteiger partial charge in [-0.25, -0.2) is 4.98 Å². The van der Waals surface area contributed by atoms with Crippen LogP contribution in [0.15, 0.2) is 24.3 Å². The zero-order chi connectivity index (χ0) is 14.8. The molecule has 0 aliphatic heterocycles. The van der Waals surface area contributed by atoms with Gasteiger partial charge in [-0.2, -0.15) is 0 Å². The van der Waals surface area contributed by atoms with Crippen LogP contribution in [0, 0.1) is 5.92 Å². The molecule has 1 aromatic heterocycles. The lowest BCUT2D eigenvalue weighted by atomic mass is 10.1. The summed E-state index contributed by atoms with van der Waals surface area (Å²) in [6.07, 6.45) is 2.37. The van der Waals surface area contributed by atoms with Crippen LogP contribution >= 0.6 is 11.3 Å². The van der Waals surface area contributed by atoms with Gasteiger partial charge in [-0.3, -0.25) is 9.59 Å². The standard InChI is InChI=1S/C15H17N3O2S/c1-9(19)16-11-7-6-10(8-11)14(20)18-15-17-12-4-2-3-5-13(12)21-15/h2-5,10-11H,6-8H2,1H3,(H,16,19)(H,17,18,20). The zero-order valence-corrected chi connectivity index (χ0v) is 12.6. The molecule has 1 aromatic carbocycles. The second-order valence-electron chi connectivity index (χ2n) is 5.38. The number of amides is 2. The molecule has 2 unspecified atom stereocenters. The number of benzene rings is 1. The van der Waals surface area contributed by atoms with Crippen molar-refractivity contribution < 1.29 is 9.59 Å². The molecule has 1 heterocycles. The van der Waals surface area contributed by atoms with Crippen molar-refractivity contribution >= 4 is 38.5 Å². The average molecular weight is 303 g/mol. The molecule has 21 heavy (non-hydrogen) atoms. The molecule has 5 nitrogen and oxygen atoms in total. The third kappa shape index (κ3) is 3.21. The average Bonchev–Trinajstić information content (AvgIpc) is 3.03. The first-order chi connectivity index (χ1) is 10.1. The Bertz CT molecular complexity index is 649. The van der Waals surface area contributed by atoms with Crippen LogP contribution in [0.4, 0.5) is 5.13 Å². The maximum absolute atomic E-state index is 12.3. The quantitative estimate of drug-likeness (QED) is 0.915. The summed E-state index contributed by atoms with van der Waals surface area (Å²) in [6, 6.07) is 7.94. The van der Waals surface area contributed by atoms with Crippen LogP contribution in [0.1, 0.15) is 26.2 Å². The van der Waals surface area contributed by atoms with Gasteiger partial charge in [0.05, 0.1) is 10.2 Å². The number of para-hydroxylation sites is 1. The first-order valence-electron chi connectivity index (χ1n) is 7.05. The number of nitrogens with one attached hydrogen (secondary N) is 2. The third-order valence-electron chi connectivity index (χ3n) is 3.73. The van der Waals surface area contributed by atoms with Crippen molar-refractivity contribution in [1.82, 2.24) is 10.3 Å². The third-order valence-corrected chi connectivity index (χ3v) is 4.69. The van der Waals surface area contributed by atoms with Gasteiger partial charge in [-0.05, 0) is 31.4 Å². The van der Waals surface area contributed by atoms with Crippen molar-refractivity contribution in [1.29, 1.82) is 0 Å². The second-order valence-corrected chi connectivity index (χ2v) is 6.41. The van der Waals surface area contributed by atoms with E-state index in [1.807, 2.05) is 24.3 Å². The minimum absolute atomic E-state index is 0.00177. The van der Waals surface area contributed by atoms with Gasteiger partial charge < -0.3 is 10.6 Å². The molecular weight excluding hydrogens is 286 g/mol. The molecule has 0 radical (unpaired) electrons. The van der Waals surface area contributed by atoms with E-state index in [4.69, 9.17) is 0 Å². The van der Waals surface area contributed by atoms with Crippen LogP contribution < -0.4 is 10.6 Å². The van der Waals surface area contributed by atoms with Crippen molar-refractivity contribution in [2.24, 2.45) is 5.92 Å². The van der Waals surface area contributed by atoms with E-state index in [0.29, 0.717) is 11.6 Å². The number of thiazole rings is 1. The number of carbonyl (C=O) groups is 2. The Morgan fingerprint density at radius 1 is 1.29 bits per heavy atom. The van der Waals surface area contributed by atoms with Crippen LogP contribution in [-0.4, -0.2) is 22.8 Å². The fraction of sp³-hybridized carbons (Fsp3) is 0.400. The highest BCUT2D eigenvalue weighted by Gasteiger charge is 2.30. The minimum Gasteiger partial charge on any atom is -0.354 e. The SMILES string of the molecule is CC(=O)NC1CCC(C(=O)Nc2nc3ccccc3s2)C1. The van der Waals surface area contributed by atoms with Gasteiger partial charge in [0.15, 0.2) is 5.13 Å². The number of anilines is 1. The zero-order valence-electron chi connectivity index (χ0n) is 11.8. The number of hydrogen-bond acceptors (Lipinski definition) is 4. The summed E-state index contributed by atoms with van der Waals surface area (Å²) in [5.41, 5.74) is 0.903. The summed E-state index contributed by atoms with van der Waals surface area (Å²) in [5, 5.41) is 6.43. The second kappa shape index (κ2) is 5.81. The summed E-state index contributed by atoms with van der Waals surface area (Å²) in [7, 11) is 0. The van der Waals surface area contributed by atoms with Gasteiger partial charge in [-0.15, -0.1) is 0 Å². The van der Waals surface area contributed by atoms with Crippen molar-refractivity contribution in [2.75, 3.05) is 5.32 Å². The van der Waals surface area contributed by atoms with E-state index in [2.05, 4.69) is 15.6 Å². The first-order valence-corrected chi connectivity index (χ1v) is 7.87. The number of hydrogen-bond donors (Lipinski definition) is 2. The molecule has 3 rings (SSSR count). The van der Waals surface area contributed by atoms with Gasteiger partial charge in [0, 0.05) is 18.9 Å². The molecule has 1 fully saturated rings. The van der Waals surface area contributed by atoms with Gasteiger partial charge in [0.25, 0.3) is 0 Å². The van der Waals surface area contributed by atoms with E-state index in [-0.39, 0.29) is 23.8 Å². The molecule has 2 amide bonds. The lowest BCUT2D eigenvalue weighted by molar-refractivity contribution is -0.121. The Hall–Kier alpha value is -1.95. The van der Waals surface area contributed by atoms with Crippen LogP contribution in [0.25, 0.3) is 10.2 Å². The van der Waals surface area contributed by atoms with Crippen molar-refractivity contribution in [3.05, 3.63) is 24.3 Å². The topological polar surface area (TPSA) is 71.1 Å².